The Kier molecular flexibility index (Phi) is 4.15. The number of hydrogen-bond acceptors (Lipinski definition) is 3. The Morgan fingerprint density at radius 2 is 1.85 bits per heavy atom. The number of H-pyrrole nitrogens is 1. The highest BCUT2D eigenvalue weighted by Crippen LogP contribution is 2.34. The molecule has 0 radical (unpaired) electrons. The van der Waals surface area contributed by atoms with Crippen LogP contribution >= 0.6 is 0 Å². The van der Waals surface area contributed by atoms with Crippen LogP contribution in [0.3, 0.4) is 0 Å². The second-order valence-corrected chi connectivity index (χ2v) is 8.90. The summed E-state index contributed by atoms with van der Waals surface area (Å²) in [5, 5.41) is 0.943. The molecule has 27 heavy (non-hydrogen) atoms. The van der Waals surface area contributed by atoms with Crippen LogP contribution in [0, 0.1) is 5.92 Å². The van der Waals surface area contributed by atoms with Gasteiger partial charge in [0, 0.05) is 29.2 Å². The van der Waals surface area contributed by atoms with Crippen molar-refractivity contribution in [3.63, 3.8) is 0 Å². The Labute approximate surface area is 158 Å². The maximum atomic E-state index is 13.2. The Hall–Kier alpha value is -2.86. The maximum absolute atomic E-state index is 13.2. The van der Waals surface area contributed by atoms with E-state index in [-0.39, 0.29) is 34.4 Å². The second kappa shape index (κ2) is 6.39. The number of carbonyl (C=O) groups is 1. The molecular weight excluding hydrogens is 360 g/mol. The first-order chi connectivity index (χ1) is 12.9. The molecule has 1 aromatic heterocycles. The largest absolute Gasteiger partial charge is 0.361 e. The van der Waals surface area contributed by atoms with Gasteiger partial charge >= 0.3 is 0 Å². The zero-order valence-electron chi connectivity index (χ0n) is 15.1. The minimum absolute atomic E-state index is 0.0734. The van der Waals surface area contributed by atoms with Crippen LogP contribution in [0.1, 0.15) is 29.8 Å². The van der Waals surface area contributed by atoms with Gasteiger partial charge < -0.3 is 4.98 Å². The molecule has 2 aromatic carbocycles. The van der Waals surface area contributed by atoms with Gasteiger partial charge in [0.1, 0.15) is 5.70 Å². The fraction of sp³-hybridized carbons (Fsp3) is 0.190. The standard InChI is InChI=1S/C21H20N2O3S/c1-14(2)13-23-19(12-15-6-5-8-18-16(15)10-11-22-18)21(24)17-7-3-4-9-20(17)27(23,25)26/h3-12,14,22H,13H2,1-2H3. The third-order valence-corrected chi connectivity index (χ3v) is 6.49. The summed E-state index contributed by atoms with van der Waals surface area (Å²) in [6.07, 6.45) is 3.52. The van der Waals surface area contributed by atoms with Crippen molar-refractivity contribution >= 4 is 32.8 Å². The summed E-state index contributed by atoms with van der Waals surface area (Å²) in [6.45, 7) is 4.12. The average molecular weight is 380 g/mol. The van der Waals surface area contributed by atoms with Crippen LogP contribution in [0.5, 0.6) is 0 Å². The average Bonchev–Trinajstić information content (AvgIpc) is 3.12. The predicted octanol–water partition coefficient (Wildman–Crippen LogP) is 4.05. The summed E-state index contributed by atoms with van der Waals surface area (Å²) in [7, 11) is -3.78. The van der Waals surface area contributed by atoms with Gasteiger partial charge in [0.15, 0.2) is 0 Å². The molecule has 0 saturated carbocycles. The topological polar surface area (TPSA) is 70.2 Å². The number of nitrogens with zero attached hydrogens (tertiary/aromatic N) is 1. The summed E-state index contributed by atoms with van der Waals surface area (Å²) in [5.74, 6) is -0.196. The van der Waals surface area contributed by atoms with E-state index in [0.717, 1.165) is 16.5 Å². The lowest BCUT2D eigenvalue weighted by Crippen LogP contribution is -2.41. The lowest BCUT2D eigenvalue weighted by molar-refractivity contribution is 0.1000. The van der Waals surface area contributed by atoms with Crippen molar-refractivity contribution in [1.82, 2.24) is 9.29 Å². The van der Waals surface area contributed by atoms with Crippen LogP contribution in [0.2, 0.25) is 0 Å². The monoisotopic (exact) mass is 380 g/mol. The van der Waals surface area contributed by atoms with Gasteiger partial charge in [-0.25, -0.2) is 8.42 Å². The third-order valence-electron chi connectivity index (χ3n) is 4.65. The van der Waals surface area contributed by atoms with Crippen LogP contribution in [0.4, 0.5) is 0 Å². The van der Waals surface area contributed by atoms with Gasteiger partial charge in [0.25, 0.3) is 10.0 Å². The van der Waals surface area contributed by atoms with Gasteiger partial charge in [-0.1, -0.05) is 38.1 Å². The fourth-order valence-corrected chi connectivity index (χ4v) is 5.24. The lowest BCUT2D eigenvalue weighted by Gasteiger charge is -2.32. The van der Waals surface area contributed by atoms with Crippen LogP contribution in [0.25, 0.3) is 17.0 Å². The summed E-state index contributed by atoms with van der Waals surface area (Å²) >= 11 is 0. The van der Waals surface area contributed by atoms with Crippen molar-refractivity contribution in [2.24, 2.45) is 5.92 Å². The van der Waals surface area contributed by atoms with Crippen molar-refractivity contribution in [2.75, 3.05) is 6.54 Å². The number of hydrogen-bond donors (Lipinski definition) is 1. The van der Waals surface area contributed by atoms with Gasteiger partial charge in [-0.3, -0.25) is 9.10 Å². The number of Topliss-reactive ketones (excluding diaryl/α,β-unsaturated/α-hetero) is 1. The third kappa shape index (κ3) is 2.86. The highest BCUT2D eigenvalue weighted by Gasteiger charge is 2.39. The van der Waals surface area contributed by atoms with Gasteiger partial charge in [0.05, 0.1) is 4.90 Å². The predicted molar refractivity (Wildman–Crippen MR) is 106 cm³/mol. The zero-order chi connectivity index (χ0) is 19.2. The number of sulfonamides is 1. The van der Waals surface area contributed by atoms with E-state index in [1.807, 2.05) is 44.3 Å². The van der Waals surface area contributed by atoms with Gasteiger partial charge in [-0.2, -0.15) is 0 Å². The molecule has 0 atom stereocenters. The van der Waals surface area contributed by atoms with E-state index in [0.29, 0.717) is 0 Å². The minimum Gasteiger partial charge on any atom is -0.361 e. The molecule has 5 nitrogen and oxygen atoms in total. The van der Waals surface area contributed by atoms with E-state index in [9.17, 15) is 13.2 Å². The Bertz CT molecular complexity index is 1170. The molecule has 6 heteroatoms. The van der Waals surface area contributed by atoms with Gasteiger partial charge in [-0.05, 0) is 41.8 Å². The molecule has 0 aliphatic carbocycles. The number of aromatic nitrogens is 1. The normalized spacial score (nSPS) is 17.7. The van der Waals surface area contributed by atoms with E-state index in [1.165, 1.54) is 10.4 Å². The Morgan fingerprint density at radius 1 is 1.07 bits per heavy atom. The van der Waals surface area contributed by atoms with Crippen molar-refractivity contribution in [1.29, 1.82) is 0 Å². The number of nitrogens with one attached hydrogen (secondary N) is 1. The molecule has 0 unspecified atom stereocenters. The van der Waals surface area contributed by atoms with E-state index >= 15 is 0 Å². The van der Waals surface area contributed by atoms with Crippen molar-refractivity contribution < 1.29 is 13.2 Å². The van der Waals surface area contributed by atoms with Crippen LogP contribution in [0.15, 0.2) is 65.3 Å². The molecule has 0 bridgehead atoms. The lowest BCUT2D eigenvalue weighted by atomic mass is 10.0. The van der Waals surface area contributed by atoms with Gasteiger partial charge in [-0.15, -0.1) is 0 Å². The molecule has 0 amide bonds. The molecule has 3 aromatic rings. The Morgan fingerprint density at radius 3 is 2.63 bits per heavy atom. The van der Waals surface area contributed by atoms with Crippen LogP contribution in [-0.2, 0) is 10.0 Å². The van der Waals surface area contributed by atoms with Crippen LogP contribution in [-0.4, -0.2) is 30.0 Å². The molecule has 0 saturated heterocycles. The molecule has 0 spiro atoms. The second-order valence-electron chi connectivity index (χ2n) is 7.07. The number of rotatable bonds is 3. The quantitative estimate of drug-likeness (QED) is 0.697. The number of ketones is 1. The molecule has 0 fully saturated rings. The summed E-state index contributed by atoms with van der Waals surface area (Å²) in [5.41, 5.74) is 2.16. The molecule has 1 aliphatic rings. The smallest absolute Gasteiger partial charge is 0.265 e. The Balaban J connectivity index is 1.97. The van der Waals surface area contributed by atoms with Crippen molar-refractivity contribution in [2.45, 2.75) is 18.7 Å². The van der Waals surface area contributed by atoms with E-state index in [2.05, 4.69) is 4.98 Å². The molecule has 1 aliphatic heterocycles. The van der Waals surface area contributed by atoms with E-state index in [4.69, 9.17) is 0 Å². The first-order valence-electron chi connectivity index (χ1n) is 8.84. The number of carbonyl (C=O) groups excluding carboxylic acids is 1. The number of allylic oxidation sites excluding steroid dienone is 1. The summed E-state index contributed by atoms with van der Waals surface area (Å²) in [6, 6.07) is 14.0. The van der Waals surface area contributed by atoms with Crippen molar-refractivity contribution in [3.8, 4) is 0 Å². The molecule has 138 valence electrons. The minimum atomic E-state index is -3.78. The molecular formula is C21H20N2O3S. The van der Waals surface area contributed by atoms with Gasteiger partial charge in [0.2, 0.25) is 5.78 Å². The summed E-state index contributed by atoms with van der Waals surface area (Å²) in [4.78, 5) is 16.4. The zero-order valence-corrected chi connectivity index (χ0v) is 16.0. The van der Waals surface area contributed by atoms with Crippen molar-refractivity contribution in [3.05, 3.63) is 71.6 Å². The molecule has 1 N–H and O–H groups in total. The summed E-state index contributed by atoms with van der Waals surface area (Å²) < 4.78 is 27.7. The first kappa shape index (κ1) is 17.5. The number of benzene rings is 2. The SMILES string of the molecule is CC(C)CN1C(=Cc2cccc3[nH]ccc23)C(=O)c2ccccc2S1(=O)=O. The van der Waals surface area contributed by atoms with E-state index in [1.54, 1.807) is 24.3 Å². The molecule has 2 heterocycles. The highest BCUT2D eigenvalue weighted by molar-refractivity contribution is 7.89. The highest BCUT2D eigenvalue weighted by atomic mass is 32.2. The fourth-order valence-electron chi connectivity index (χ4n) is 3.43. The van der Waals surface area contributed by atoms with E-state index < -0.39 is 10.0 Å². The van der Waals surface area contributed by atoms with Crippen LogP contribution < -0.4 is 0 Å². The maximum Gasteiger partial charge on any atom is 0.265 e. The number of fused-ring (bicyclic) bond motifs is 2. The number of aromatic amines is 1. The first-order valence-corrected chi connectivity index (χ1v) is 10.3. The molecule has 4 rings (SSSR count).